The molecule has 2 aromatic heterocycles. The zero-order valence-corrected chi connectivity index (χ0v) is 12.1. The number of nitrogens with one attached hydrogen (secondary N) is 1. The molecule has 1 N–H and O–H groups in total. The summed E-state index contributed by atoms with van der Waals surface area (Å²) in [6.45, 7) is 5.64. The van der Waals surface area contributed by atoms with Crippen molar-refractivity contribution in [3.63, 3.8) is 0 Å². The Morgan fingerprint density at radius 1 is 1.40 bits per heavy atom. The van der Waals surface area contributed by atoms with Crippen molar-refractivity contribution in [2.45, 2.75) is 13.1 Å². The molecule has 0 fully saturated rings. The van der Waals surface area contributed by atoms with Gasteiger partial charge in [-0.2, -0.15) is 0 Å². The van der Waals surface area contributed by atoms with Crippen LogP contribution in [0.5, 0.6) is 0 Å². The lowest BCUT2D eigenvalue weighted by Gasteiger charge is -2.21. The molecule has 0 aliphatic carbocycles. The Labute approximate surface area is 122 Å². The van der Waals surface area contributed by atoms with Crippen molar-refractivity contribution in [1.82, 2.24) is 10.2 Å². The van der Waals surface area contributed by atoms with Crippen LogP contribution in [0.4, 0.5) is 0 Å². The van der Waals surface area contributed by atoms with Crippen LogP contribution in [0.3, 0.4) is 0 Å². The average Bonchev–Trinajstić information content (AvgIpc) is 3.11. The van der Waals surface area contributed by atoms with Crippen LogP contribution in [-0.2, 0) is 17.9 Å². The van der Waals surface area contributed by atoms with Crippen LogP contribution in [0.1, 0.15) is 10.6 Å². The smallest absolute Gasteiger partial charge is 0.237 e. The summed E-state index contributed by atoms with van der Waals surface area (Å²) in [5.41, 5.74) is 0. The summed E-state index contributed by atoms with van der Waals surface area (Å²) in [6.07, 6.45) is 3.36. The maximum absolute atomic E-state index is 12.3. The maximum atomic E-state index is 12.3. The van der Waals surface area contributed by atoms with Crippen molar-refractivity contribution in [1.29, 1.82) is 0 Å². The van der Waals surface area contributed by atoms with E-state index in [0.717, 1.165) is 10.6 Å². The molecule has 0 spiro atoms. The Bertz CT molecular complexity index is 484. The van der Waals surface area contributed by atoms with Crippen LogP contribution in [0.25, 0.3) is 0 Å². The van der Waals surface area contributed by atoms with Crippen LogP contribution < -0.4 is 5.32 Å². The molecule has 4 nitrogen and oxygen atoms in total. The Hall–Kier alpha value is -1.85. The van der Waals surface area contributed by atoms with Gasteiger partial charge < -0.3 is 14.6 Å². The van der Waals surface area contributed by atoms with E-state index in [1.807, 2.05) is 29.6 Å². The number of hydrogen-bond donors (Lipinski definition) is 1. The molecule has 20 heavy (non-hydrogen) atoms. The Morgan fingerprint density at radius 2 is 2.30 bits per heavy atom. The Morgan fingerprint density at radius 3 is 2.95 bits per heavy atom. The highest BCUT2D eigenvalue weighted by molar-refractivity contribution is 7.09. The number of amides is 1. The predicted molar refractivity (Wildman–Crippen MR) is 80.3 cm³/mol. The van der Waals surface area contributed by atoms with Crippen LogP contribution in [0, 0.1) is 0 Å². The van der Waals surface area contributed by atoms with Gasteiger partial charge in [0.2, 0.25) is 5.91 Å². The summed E-state index contributed by atoms with van der Waals surface area (Å²) in [4.78, 5) is 15.2. The van der Waals surface area contributed by atoms with E-state index in [2.05, 4.69) is 11.9 Å². The van der Waals surface area contributed by atoms with E-state index in [4.69, 9.17) is 4.42 Å². The van der Waals surface area contributed by atoms with E-state index in [1.54, 1.807) is 28.6 Å². The molecular formula is C15H18N2O2S. The van der Waals surface area contributed by atoms with Gasteiger partial charge in [0.05, 0.1) is 25.9 Å². The van der Waals surface area contributed by atoms with Gasteiger partial charge >= 0.3 is 0 Å². The lowest BCUT2D eigenvalue weighted by Crippen LogP contribution is -2.37. The van der Waals surface area contributed by atoms with Crippen LogP contribution in [-0.4, -0.2) is 23.9 Å². The van der Waals surface area contributed by atoms with Crippen molar-refractivity contribution in [2.75, 3.05) is 13.1 Å². The van der Waals surface area contributed by atoms with E-state index in [9.17, 15) is 4.79 Å². The van der Waals surface area contributed by atoms with Gasteiger partial charge in [0, 0.05) is 11.4 Å². The minimum atomic E-state index is 0.0525. The lowest BCUT2D eigenvalue weighted by atomic mass is 10.3. The van der Waals surface area contributed by atoms with E-state index >= 15 is 0 Å². The summed E-state index contributed by atoms with van der Waals surface area (Å²) in [7, 11) is 0. The molecule has 1 amide bonds. The standard InChI is InChI=1S/C15H18N2O2S/c1-2-7-16-10-15(18)17(11-13-5-3-8-19-13)12-14-6-4-9-20-14/h2-6,8-9,16H,1,7,10-12H2. The number of rotatable bonds is 8. The topological polar surface area (TPSA) is 45.5 Å². The van der Waals surface area contributed by atoms with Crippen molar-refractivity contribution < 1.29 is 9.21 Å². The van der Waals surface area contributed by atoms with Gasteiger partial charge in [-0.25, -0.2) is 0 Å². The molecule has 0 aromatic carbocycles. The van der Waals surface area contributed by atoms with E-state index in [1.165, 1.54) is 0 Å². The molecule has 0 aliphatic rings. The number of carbonyl (C=O) groups excluding carboxylic acids is 1. The molecule has 2 rings (SSSR count). The maximum Gasteiger partial charge on any atom is 0.237 e. The first-order chi connectivity index (χ1) is 9.79. The second-order valence-electron chi connectivity index (χ2n) is 4.33. The molecule has 0 atom stereocenters. The molecule has 0 saturated carbocycles. The summed E-state index contributed by atoms with van der Waals surface area (Å²) in [5, 5.41) is 5.05. The number of hydrogen-bond acceptors (Lipinski definition) is 4. The highest BCUT2D eigenvalue weighted by atomic mass is 32.1. The Kier molecular flexibility index (Phi) is 5.58. The van der Waals surface area contributed by atoms with Gasteiger partial charge in [0.25, 0.3) is 0 Å². The SMILES string of the molecule is C=CCNCC(=O)N(Cc1ccco1)Cc1cccs1. The average molecular weight is 290 g/mol. The molecule has 0 radical (unpaired) electrons. The molecule has 106 valence electrons. The largest absolute Gasteiger partial charge is 0.467 e. The summed E-state index contributed by atoms with van der Waals surface area (Å²) >= 11 is 1.65. The second kappa shape index (κ2) is 7.67. The molecule has 0 aliphatic heterocycles. The van der Waals surface area contributed by atoms with Crippen LogP contribution in [0.2, 0.25) is 0 Å². The minimum Gasteiger partial charge on any atom is -0.467 e. The fourth-order valence-electron chi connectivity index (χ4n) is 1.81. The monoisotopic (exact) mass is 290 g/mol. The van der Waals surface area contributed by atoms with Gasteiger partial charge in [0.15, 0.2) is 0 Å². The third-order valence-corrected chi connectivity index (χ3v) is 3.63. The van der Waals surface area contributed by atoms with Gasteiger partial charge in [-0.3, -0.25) is 4.79 Å². The zero-order chi connectivity index (χ0) is 14.2. The molecule has 0 saturated heterocycles. The van der Waals surface area contributed by atoms with Crippen molar-refractivity contribution in [3.8, 4) is 0 Å². The number of furan rings is 1. The second-order valence-corrected chi connectivity index (χ2v) is 5.36. The van der Waals surface area contributed by atoms with Crippen molar-refractivity contribution >= 4 is 17.2 Å². The van der Waals surface area contributed by atoms with Crippen LogP contribution in [0.15, 0.2) is 53.0 Å². The first-order valence-corrected chi connectivity index (χ1v) is 7.31. The van der Waals surface area contributed by atoms with Crippen LogP contribution >= 0.6 is 11.3 Å². The van der Waals surface area contributed by atoms with Gasteiger partial charge in [-0.1, -0.05) is 12.1 Å². The highest BCUT2D eigenvalue weighted by Gasteiger charge is 2.15. The van der Waals surface area contributed by atoms with Gasteiger partial charge in [-0.05, 0) is 23.6 Å². The highest BCUT2D eigenvalue weighted by Crippen LogP contribution is 2.14. The number of nitrogens with zero attached hydrogens (tertiary/aromatic N) is 1. The molecule has 0 bridgehead atoms. The van der Waals surface area contributed by atoms with E-state index < -0.39 is 0 Å². The fourth-order valence-corrected chi connectivity index (χ4v) is 2.53. The third kappa shape index (κ3) is 4.36. The quantitative estimate of drug-likeness (QED) is 0.600. The van der Waals surface area contributed by atoms with Gasteiger partial charge in [-0.15, -0.1) is 17.9 Å². The fraction of sp³-hybridized carbons (Fsp3) is 0.267. The van der Waals surface area contributed by atoms with E-state index in [0.29, 0.717) is 26.2 Å². The molecule has 2 heterocycles. The van der Waals surface area contributed by atoms with E-state index in [-0.39, 0.29) is 5.91 Å². The molecule has 0 unspecified atom stereocenters. The van der Waals surface area contributed by atoms with Crippen molar-refractivity contribution in [3.05, 3.63) is 59.2 Å². The molecule has 2 aromatic rings. The third-order valence-electron chi connectivity index (χ3n) is 2.77. The predicted octanol–water partition coefficient (Wildman–Crippen LogP) is 2.65. The summed E-state index contributed by atoms with van der Waals surface area (Å²) in [6, 6.07) is 7.74. The Balaban J connectivity index is 1.98. The first-order valence-electron chi connectivity index (χ1n) is 6.43. The van der Waals surface area contributed by atoms with Crippen molar-refractivity contribution in [2.24, 2.45) is 0 Å². The number of thiophene rings is 1. The molecule has 5 heteroatoms. The summed E-state index contributed by atoms with van der Waals surface area (Å²) < 4.78 is 5.33. The summed E-state index contributed by atoms with van der Waals surface area (Å²) in [5.74, 6) is 0.843. The zero-order valence-electron chi connectivity index (χ0n) is 11.2. The normalized spacial score (nSPS) is 10.4. The number of carbonyl (C=O) groups is 1. The molecular weight excluding hydrogens is 272 g/mol. The van der Waals surface area contributed by atoms with Gasteiger partial charge in [0.1, 0.15) is 5.76 Å². The lowest BCUT2D eigenvalue weighted by molar-refractivity contribution is -0.131. The first kappa shape index (κ1) is 14.6. The minimum absolute atomic E-state index is 0.0525.